The number of benzene rings is 8. The third kappa shape index (κ3) is 4.51. The minimum absolute atomic E-state index is 0.281. The molecule has 1 aliphatic rings. The van der Waals surface area contributed by atoms with Crippen LogP contribution in [0.15, 0.2) is 186 Å². The van der Waals surface area contributed by atoms with Crippen LogP contribution in [0.1, 0.15) is 23.6 Å². The SMILES string of the molecule is CC1(c2ccc3c(c2)oc2cc(N(c4ccc(-c5ccccc5)cc4)c4cccc5c4sc4ccccc45)ccc23)c2ccccc2-c2ccccc21. The van der Waals surface area contributed by atoms with E-state index in [0.717, 1.165) is 39.0 Å². The lowest BCUT2D eigenvalue weighted by Crippen LogP contribution is -2.22. The molecule has 1 aliphatic carbocycles. The molecule has 0 fully saturated rings. The van der Waals surface area contributed by atoms with Gasteiger partial charge in [-0.2, -0.15) is 0 Å². The van der Waals surface area contributed by atoms with Crippen molar-refractivity contribution in [2.45, 2.75) is 12.3 Å². The largest absolute Gasteiger partial charge is 0.456 e. The molecule has 250 valence electrons. The second-order valence-electron chi connectivity index (χ2n) is 14.2. The van der Waals surface area contributed by atoms with E-state index < -0.39 is 0 Å². The number of fused-ring (bicyclic) bond motifs is 9. The van der Waals surface area contributed by atoms with Crippen LogP contribution in [0.25, 0.3) is 64.4 Å². The van der Waals surface area contributed by atoms with Crippen LogP contribution in [0.2, 0.25) is 0 Å². The van der Waals surface area contributed by atoms with Crippen molar-refractivity contribution in [2.75, 3.05) is 4.90 Å². The number of anilines is 3. The van der Waals surface area contributed by atoms with Gasteiger partial charge >= 0.3 is 0 Å². The van der Waals surface area contributed by atoms with Crippen molar-refractivity contribution in [1.82, 2.24) is 0 Å². The summed E-state index contributed by atoms with van der Waals surface area (Å²) >= 11 is 1.85. The Balaban J connectivity index is 1.07. The van der Waals surface area contributed by atoms with Crippen LogP contribution in [0.3, 0.4) is 0 Å². The maximum atomic E-state index is 6.82. The molecule has 0 saturated heterocycles. The number of nitrogens with zero attached hydrogens (tertiary/aromatic N) is 1. The molecule has 2 heterocycles. The molecule has 0 aliphatic heterocycles. The van der Waals surface area contributed by atoms with E-state index in [4.69, 9.17) is 4.42 Å². The summed E-state index contributed by atoms with van der Waals surface area (Å²) in [7, 11) is 0. The molecule has 2 aromatic heterocycles. The minimum Gasteiger partial charge on any atom is -0.456 e. The zero-order chi connectivity index (χ0) is 35.1. The molecule has 10 aromatic rings. The van der Waals surface area contributed by atoms with E-state index in [2.05, 4.69) is 194 Å². The summed E-state index contributed by atoms with van der Waals surface area (Å²) < 4.78 is 9.38. The first kappa shape index (κ1) is 30.2. The van der Waals surface area contributed by atoms with Crippen LogP contribution in [-0.2, 0) is 5.41 Å². The highest BCUT2D eigenvalue weighted by Gasteiger charge is 2.40. The highest BCUT2D eigenvalue weighted by Crippen LogP contribution is 2.53. The van der Waals surface area contributed by atoms with Crippen molar-refractivity contribution in [3.8, 4) is 22.3 Å². The van der Waals surface area contributed by atoms with Gasteiger partial charge in [-0.25, -0.2) is 0 Å². The molecule has 0 radical (unpaired) electrons. The minimum atomic E-state index is -0.281. The number of hydrogen-bond donors (Lipinski definition) is 0. The van der Waals surface area contributed by atoms with E-state index in [1.807, 2.05) is 11.3 Å². The van der Waals surface area contributed by atoms with Crippen LogP contribution >= 0.6 is 11.3 Å². The third-order valence-electron chi connectivity index (χ3n) is 11.4. The molecular weight excluding hydrogens is 663 g/mol. The maximum absolute atomic E-state index is 6.82. The monoisotopic (exact) mass is 695 g/mol. The van der Waals surface area contributed by atoms with E-state index >= 15 is 0 Å². The van der Waals surface area contributed by atoms with Crippen LogP contribution < -0.4 is 4.90 Å². The Kier molecular flexibility index (Phi) is 6.58. The highest BCUT2D eigenvalue weighted by atomic mass is 32.1. The van der Waals surface area contributed by atoms with Gasteiger partial charge in [0.25, 0.3) is 0 Å². The van der Waals surface area contributed by atoms with Crippen molar-refractivity contribution in [2.24, 2.45) is 0 Å². The van der Waals surface area contributed by atoms with Crippen LogP contribution in [0.5, 0.6) is 0 Å². The Morgan fingerprint density at radius 3 is 1.85 bits per heavy atom. The summed E-state index contributed by atoms with van der Waals surface area (Å²) in [5.74, 6) is 0. The predicted molar refractivity (Wildman–Crippen MR) is 224 cm³/mol. The smallest absolute Gasteiger partial charge is 0.137 e. The summed E-state index contributed by atoms with van der Waals surface area (Å²) in [5, 5.41) is 4.81. The summed E-state index contributed by atoms with van der Waals surface area (Å²) in [4.78, 5) is 2.39. The summed E-state index contributed by atoms with van der Waals surface area (Å²) in [6.45, 7) is 2.36. The van der Waals surface area contributed by atoms with Crippen LogP contribution in [-0.4, -0.2) is 0 Å². The van der Waals surface area contributed by atoms with Gasteiger partial charge in [-0.15, -0.1) is 11.3 Å². The van der Waals surface area contributed by atoms with Gasteiger partial charge in [0.1, 0.15) is 11.2 Å². The summed E-state index contributed by atoms with van der Waals surface area (Å²) in [6.07, 6.45) is 0. The first-order valence-corrected chi connectivity index (χ1v) is 19.0. The molecule has 0 saturated carbocycles. The topological polar surface area (TPSA) is 16.4 Å². The lowest BCUT2D eigenvalue weighted by Gasteiger charge is -2.28. The quantitative estimate of drug-likeness (QED) is 0.178. The normalized spacial score (nSPS) is 13.2. The van der Waals surface area contributed by atoms with Gasteiger partial charge in [0.05, 0.1) is 10.4 Å². The van der Waals surface area contributed by atoms with Crippen molar-refractivity contribution in [3.05, 3.63) is 199 Å². The third-order valence-corrected chi connectivity index (χ3v) is 12.6. The summed E-state index contributed by atoms with van der Waals surface area (Å²) in [6, 6.07) is 66.1. The van der Waals surface area contributed by atoms with Crippen molar-refractivity contribution < 1.29 is 4.42 Å². The molecule has 11 rings (SSSR count). The zero-order valence-corrected chi connectivity index (χ0v) is 29.9. The number of rotatable bonds is 5. The van der Waals surface area contributed by atoms with Crippen LogP contribution in [0.4, 0.5) is 17.1 Å². The van der Waals surface area contributed by atoms with Gasteiger partial charge in [0, 0.05) is 49.1 Å². The van der Waals surface area contributed by atoms with Crippen molar-refractivity contribution in [3.63, 3.8) is 0 Å². The molecule has 0 unspecified atom stereocenters. The Hall–Kier alpha value is -6.42. The number of thiophene rings is 1. The molecule has 53 heavy (non-hydrogen) atoms. The average molecular weight is 696 g/mol. The van der Waals surface area contributed by atoms with E-state index in [0.29, 0.717) is 0 Å². The van der Waals surface area contributed by atoms with E-state index in [9.17, 15) is 0 Å². The molecule has 8 aromatic carbocycles. The van der Waals surface area contributed by atoms with Gasteiger partial charge in [-0.1, -0.05) is 133 Å². The Morgan fingerprint density at radius 2 is 1.08 bits per heavy atom. The molecule has 0 amide bonds. The Labute approximate surface area is 311 Å². The fraction of sp³-hybridized carbons (Fsp3) is 0.0400. The van der Waals surface area contributed by atoms with Gasteiger partial charge < -0.3 is 9.32 Å². The van der Waals surface area contributed by atoms with Gasteiger partial charge in [-0.3, -0.25) is 0 Å². The van der Waals surface area contributed by atoms with Crippen LogP contribution in [0, 0.1) is 0 Å². The van der Waals surface area contributed by atoms with Crippen molar-refractivity contribution in [1.29, 1.82) is 0 Å². The molecule has 3 heteroatoms. The van der Waals surface area contributed by atoms with Gasteiger partial charge in [-0.05, 0) is 88.3 Å². The number of furan rings is 1. The van der Waals surface area contributed by atoms with Crippen molar-refractivity contribution >= 4 is 70.5 Å². The fourth-order valence-corrected chi connectivity index (χ4v) is 9.96. The second-order valence-corrected chi connectivity index (χ2v) is 15.3. The Morgan fingerprint density at radius 1 is 0.472 bits per heavy atom. The molecule has 0 atom stereocenters. The Bertz CT molecular complexity index is 2980. The predicted octanol–water partition coefficient (Wildman–Crippen LogP) is 14.4. The number of hydrogen-bond acceptors (Lipinski definition) is 3. The lowest BCUT2D eigenvalue weighted by molar-refractivity contribution is 0.662. The van der Waals surface area contributed by atoms with Gasteiger partial charge in [0.15, 0.2) is 0 Å². The fourth-order valence-electron chi connectivity index (χ4n) is 8.75. The molecule has 2 nitrogen and oxygen atoms in total. The van der Waals surface area contributed by atoms with E-state index in [-0.39, 0.29) is 5.41 Å². The highest BCUT2D eigenvalue weighted by molar-refractivity contribution is 7.26. The van der Waals surface area contributed by atoms with E-state index in [1.165, 1.54) is 59.1 Å². The molecular formula is C50H33NOS. The zero-order valence-electron chi connectivity index (χ0n) is 29.1. The molecule has 0 bridgehead atoms. The second kappa shape index (κ2) is 11.5. The van der Waals surface area contributed by atoms with E-state index in [1.54, 1.807) is 0 Å². The average Bonchev–Trinajstić information content (AvgIpc) is 3.87. The first-order chi connectivity index (χ1) is 26.1. The maximum Gasteiger partial charge on any atom is 0.137 e. The lowest BCUT2D eigenvalue weighted by atomic mass is 9.74. The summed E-state index contributed by atoms with van der Waals surface area (Å²) in [5.41, 5.74) is 13.7. The molecule has 0 spiro atoms. The van der Waals surface area contributed by atoms with Gasteiger partial charge in [0.2, 0.25) is 0 Å². The first-order valence-electron chi connectivity index (χ1n) is 18.2. The standard InChI is InChI=1S/C50H33NOS/c1-50(43-18-8-5-14-37(43)38-15-6-9-19-44(38)50)34-24-28-39-40-29-27-36(31-47(40)52-46(39)30-34)51(35-25-22-33(23-26-35)32-12-3-2-4-13-32)45-20-11-17-42-41-16-7-10-21-48(41)53-49(42)45/h2-31H,1H3. The molecule has 0 N–H and O–H groups in total.